The smallest absolute Gasteiger partial charge is 0.267 e. The van der Waals surface area contributed by atoms with Gasteiger partial charge in [0.1, 0.15) is 5.82 Å². The van der Waals surface area contributed by atoms with Crippen LogP contribution in [0.25, 0.3) is 61.3 Å². The van der Waals surface area contributed by atoms with E-state index in [0.717, 1.165) is 78.2 Å². The van der Waals surface area contributed by atoms with Gasteiger partial charge >= 0.3 is 0 Å². The Morgan fingerprint density at radius 3 is 1.53 bits per heavy atom. The van der Waals surface area contributed by atoms with Crippen molar-refractivity contribution < 1.29 is 30.4 Å². The summed E-state index contributed by atoms with van der Waals surface area (Å²) in [7, 11) is 0. The van der Waals surface area contributed by atoms with Crippen LogP contribution in [-0.2, 0) is 48.1 Å². The first-order valence-corrected chi connectivity index (χ1v) is 29.4. The summed E-state index contributed by atoms with van der Waals surface area (Å²) in [6.45, 7) is 27.7. The second kappa shape index (κ2) is 22.6. The van der Waals surface area contributed by atoms with Crippen molar-refractivity contribution in [1.82, 2.24) is 14.1 Å². The number of aromatic nitrogens is 4. The molecule has 12 rings (SSSR count). The maximum absolute atomic E-state index is 7.36. The molecule has 0 aliphatic heterocycles. The van der Waals surface area contributed by atoms with Crippen LogP contribution in [-0.4, -0.2) is 14.1 Å². The molecule has 0 spiro atoms. The minimum absolute atomic E-state index is 0. The Bertz CT molecular complexity index is 4350. The summed E-state index contributed by atoms with van der Waals surface area (Å²) in [5.74, 6) is 1.98. The molecule has 12 aromatic rings. The van der Waals surface area contributed by atoms with Crippen molar-refractivity contribution in [1.29, 1.82) is 0 Å². The van der Waals surface area contributed by atoms with Gasteiger partial charge in [0.2, 0.25) is 0 Å². The summed E-state index contributed by atoms with van der Waals surface area (Å²) in [4.78, 5) is 5.05. The molecule has 3 aromatic heterocycles. The maximum Gasteiger partial charge on any atom is 0.267 e. The number of rotatable bonds is 13. The average Bonchev–Trinajstić information content (AvgIpc) is 1.72. The van der Waals surface area contributed by atoms with Gasteiger partial charge in [-0.05, 0) is 96.7 Å². The van der Waals surface area contributed by atoms with Crippen LogP contribution in [0.1, 0.15) is 128 Å². The minimum atomic E-state index is -0.600. The quantitative estimate of drug-likeness (QED) is 0.0852. The Balaban J connectivity index is 0.00000752. The van der Waals surface area contributed by atoms with E-state index in [2.05, 4.69) is 340 Å². The van der Waals surface area contributed by atoms with Crippen LogP contribution in [0.15, 0.2) is 231 Å². The normalized spacial score (nSPS) is 12.4. The third kappa shape index (κ3) is 11.0. The number of nitrogens with zero attached hydrogens (tertiary/aromatic N) is 4. The Kier molecular flexibility index (Phi) is 15.5. The number of hydrogen-bond donors (Lipinski definition) is 0. The fourth-order valence-corrected chi connectivity index (χ4v) is 12.3. The van der Waals surface area contributed by atoms with Crippen LogP contribution in [0.4, 0.5) is 0 Å². The van der Waals surface area contributed by atoms with E-state index in [9.17, 15) is 0 Å². The predicted molar refractivity (Wildman–Crippen MR) is 346 cm³/mol. The van der Waals surface area contributed by atoms with E-state index in [-0.39, 0.29) is 37.3 Å². The molecule has 9 aromatic carbocycles. The number of fused-ring (bicyclic) bond motifs is 3. The summed E-state index contributed by atoms with van der Waals surface area (Å²) >= 11 is 0. The van der Waals surface area contributed by atoms with E-state index in [1.807, 2.05) is 6.20 Å². The van der Waals surface area contributed by atoms with Gasteiger partial charge in [0.25, 0.3) is 6.33 Å². The van der Waals surface area contributed by atoms with Gasteiger partial charge in [-0.25, -0.2) is 4.98 Å². The molecule has 0 atom stereocenters. The molecule has 0 aliphatic carbocycles. The van der Waals surface area contributed by atoms with E-state index in [4.69, 9.17) is 9.72 Å². The number of para-hydroxylation sites is 1. The Labute approximate surface area is 518 Å². The first kappa shape index (κ1) is 58.4. The molecule has 0 amide bonds. The van der Waals surface area contributed by atoms with Crippen molar-refractivity contribution in [3.05, 3.63) is 294 Å². The molecule has 0 unspecified atom stereocenters. The SMILES string of the molecule is CC(C)(C)c1ccnc(-n2c3[c-]c(Oc4[c-]c(-n5[c-][n+](-c6cc(-c7ccccc7)cc(C(C)(C)c7ccccc7)c6)c(C(C)(C)c6ccccc6)c5C(C)(C)c5ccccc5)cc(-c5ccccc5)c4)cc(C(C)(C)C)c3c3ccccc32)c1.[Pt]. The molecular formula is C79H74N4OPt-2. The summed E-state index contributed by atoms with van der Waals surface area (Å²) in [5.41, 5.74) is 15.5. The first-order chi connectivity index (χ1) is 40.2. The second-order valence-corrected chi connectivity index (χ2v) is 26.2. The molecule has 6 heteroatoms. The van der Waals surface area contributed by atoms with Gasteiger partial charge in [0, 0.05) is 60.5 Å². The van der Waals surface area contributed by atoms with Gasteiger partial charge in [0.15, 0.2) is 0 Å². The van der Waals surface area contributed by atoms with Crippen molar-refractivity contribution >= 4 is 21.8 Å². The van der Waals surface area contributed by atoms with E-state index in [0.29, 0.717) is 11.5 Å². The predicted octanol–water partition coefficient (Wildman–Crippen LogP) is 19.3. The van der Waals surface area contributed by atoms with Gasteiger partial charge in [-0.1, -0.05) is 270 Å². The van der Waals surface area contributed by atoms with Crippen molar-refractivity contribution in [2.24, 2.45) is 0 Å². The van der Waals surface area contributed by atoms with E-state index in [1.165, 1.54) is 27.8 Å². The van der Waals surface area contributed by atoms with Crippen LogP contribution in [0.2, 0.25) is 0 Å². The second-order valence-electron chi connectivity index (χ2n) is 26.2. The van der Waals surface area contributed by atoms with Crippen LogP contribution < -0.4 is 9.30 Å². The third-order valence-corrected chi connectivity index (χ3v) is 17.3. The van der Waals surface area contributed by atoms with Crippen LogP contribution >= 0.6 is 0 Å². The molecule has 3 heterocycles. The summed E-state index contributed by atoms with van der Waals surface area (Å²) < 4.78 is 14.3. The molecule has 0 saturated heterocycles. The molecule has 0 aliphatic rings. The molecule has 0 N–H and O–H groups in total. The zero-order chi connectivity index (χ0) is 58.8. The topological polar surface area (TPSA) is 35.9 Å². The zero-order valence-corrected chi connectivity index (χ0v) is 53.2. The Hall–Kier alpha value is -8.37. The fourth-order valence-electron chi connectivity index (χ4n) is 12.3. The van der Waals surface area contributed by atoms with Crippen LogP contribution in [0.3, 0.4) is 0 Å². The van der Waals surface area contributed by atoms with Gasteiger partial charge in [-0.2, -0.15) is 6.07 Å². The Morgan fingerprint density at radius 2 is 0.953 bits per heavy atom. The van der Waals surface area contributed by atoms with Gasteiger partial charge in [0.05, 0.1) is 17.1 Å². The Morgan fingerprint density at radius 1 is 0.435 bits per heavy atom. The molecule has 0 bridgehead atoms. The summed E-state index contributed by atoms with van der Waals surface area (Å²) in [6.07, 6.45) is 6.07. The van der Waals surface area contributed by atoms with Crippen LogP contribution in [0.5, 0.6) is 11.5 Å². The number of imidazole rings is 1. The number of ether oxygens (including phenoxy) is 1. The molecule has 0 radical (unpaired) electrons. The van der Waals surface area contributed by atoms with E-state index < -0.39 is 10.8 Å². The van der Waals surface area contributed by atoms with Gasteiger partial charge in [-0.15, -0.1) is 35.4 Å². The average molecular weight is 1290 g/mol. The van der Waals surface area contributed by atoms with Crippen molar-refractivity contribution in [2.75, 3.05) is 0 Å². The monoisotopic (exact) mass is 1290 g/mol. The first-order valence-electron chi connectivity index (χ1n) is 29.4. The van der Waals surface area contributed by atoms with E-state index in [1.54, 1.807) is 0 Å². The number of benzene rings is 9. The molecule has 0 saturated carbocycles. The van der Waals surface area contributed by atoms with Crippen molar-refractivity contribution in [2.45, 2.75) is 110 Å². The third-order valence-electron chi connectivity index (χ3n) is 17.3. The molecule has 428 valence electrons. The van der Waals surface area contributed by atoms with E-state index >= 15 is 0 Å². The zero-order valence-electron chi connectivity index (χ0n) is 51.0. The number of pyridine rings is 1. The van der Waals surface area contributed by atoms with Gasteiger partial charge in [-0.3, -0.25) is 4.57 Å². The minimum Gasteiger partial charge on any atom is -0.510 e. The largest absolute Gasteiger partial charge is 0.510 e. The van der Waals surface area contributed by atoms with Crippen molar-refractivity contribution in [3.63, 3.8) is 0 Å². The van der Waals surface area contributed by atoms with Gasteiger partial charge < -0.3 is 13.9 Å². The van der Waals surface area contributed by atoms with Crippen LogP contribution in [0, 0.1) is 18.5 Å². The molecular weight excluding hydrogens is 1220 g/mol. The molecule has 85 heavy (non-hydrogen) atoms. The summed E-state index contributed by atoms with van der Waals surface area (Å²) in [5, 5.41) is 2.28. The standard InChI is InChI=1S/C79H74N4O.Pt/c1-75(2,3)61-42-43-80-71(49-61)83-69-41-29-28-40-67(69)72-68(76(4,5)6)51-66(52-70(72)83)84-65-47-57(55-32-20-14-21-33-55)46-64(50-65)82-53-81(73(78(9,10)59-36-24-16-25-37-59)74(82)79(11,12)60-38-26-17-27-39-60)63-45-56(54-30-18-13-19-31-54)44-62(48-63)77(7,8)58-34-22-15-23-35-58;/h13-49,51H,1-12H3;/q-2;. The van der Waals surface area contributed by atoms with Crippen molar-refractivity contribution in [3.8, 4) is 50.9 Å². The summed E-state index contributed by atoms with van der Waals surface area (Å²) in [6, 6.07) is 88.5. The molecule has 0 fully saturated rings. The fraction of sp³-hybridized carbons (Fsp3) is 0.215. The maximum atomic E-state index is 7.36. The molecule has 5 nitrogen and oxygen atoms in total. The number of hydrogen-bond acceptors (Lipinski definition) is 2.